The van der Waals surface area contributed by atoms with E-state index in [1.54, 1.807) is 30.0 Å². The summed E-state index contributed by atoms with van der Waals surface area (Å²) in [6, 6.07) is 22.0. The van der Waals surface area contributed by atoms with Crippen molar-refractivity contribution in [3.63, 3.8) is 0 Å². The van der Waals surface area contributed by atoms with Crippen LogP contribution in [0.15, 0.2) is 72.8 Å². The molecule has 2 amide bonds. The molecule has 0 aromatic heterocycles. The monoisotopic (exact) mass is 611 g/mol. The van der Waals surface area contributed by atoms with Gasteiger partial charge in [0.1, 0.15) is 6.04 Å². The minimum Gasteiger partial charge on any atom is -0.354 e. The van der Waals surface area contributed by atoms with Gasteiger partial charge in [0.25, 0.3) is 0 Å². The Morgan fingerprint density at radius 1 is 0.929 bits per heavy atom. The van der Waals surface area contributed by atoms with Gasteiger partial charge in [0.2, 0.25) is 21.8 Å². The number of benzene rings is 3. The molecule has 0 aliphatic heterocycles. The summed E-state index contributed by atoms with van der Waals surface area (Å²) >= 11 is 6.28. The summed E-state index contributed by atoms with van der Waals surface area (Å²) in [5.41, 5.74) is 4.07. The maximum Gasteiger partial charge on any atom is 0.243 e. The maximum atomic E-state index is 14.0. The molecule has 42 heavy (non-hydrogen) atoms. The van der Waals surface area contributed by atoms with Crippen molar-refractivity contribution in [2.45, 2.75) is 59.5 Å². The molecule has 0 saturated carbocycles. The molecule has 9 heteroatoms. The molecule has 0 bridgehead atoms. The van der Waals surface area contributed by atoms with E-state index in [2.05, 4.69) is 5.32 Å². The number of hydrogen-bond acceptors (Lipinski definition) is 4. The number of aryl methyl sites for hydroxylation is 1. The van der Waals surface area contributed by atoms with Gasteiger partial charge in [0.15, 0.2) is 0 Å². The first kappa shape index (κ1) is 33.1. The van der Waals surface area contributed by atoms with Gasteiger partial charge in [-0.05, 0) is 55.0 Å². The number of carbonyl (C=O) groups is 2. The number of amides is 2. The van der Waals surface area contributed by atoms with Crippen LogP contribution in [0, 0.1) is 19.8 Å². The Balaban J connectivity index is 1.90. The molecule has 0 spiro atoms. The molecular weight excluding hydrogens is 570 g/mol. The SMILES string of the molecule is Cc1cccc(CN(C(=O)CCCN(c2cccc(Cl)c2C)S(C)(=O)=O)C(Cc2ccccc2)C(=O)NCC(C)C)c1. The van der Waals surface area contributed by atoms with Gasteiger partial charge in [-0.2, -0.15) is 0 Å². The normalized spacial score (nSPS) is 12.2. The van der Waals surface area contributed by atoms with Crippen molar-refractivity contribution in [3.05, 3.63) is 100 Å². The minimum absolute atomic E-state index is 0.0696. The molecule has 0 heterocycles. The van der Waals surface area contributed by atoms with E-state index in [4.69, 9.17) is 11.6 Å². The number of rotatable bonds is 14. The smallest absolute Gasteiger partial charge is 0.243 e. The van der Waals surface area contributed by atoms with Gasteiger partial charge < -0.3 is 10.2 Å². The van der Waals surface area contributed by atoms with E-state index in [0.717, 1.165) is 22.9 Å². The highest BCUT2D eigenvalue weighted by atomic mass is 35.5. The molecule has 1 N–H and O–H groups in total. The summed E-state index contributed by atoms with van der Waals surface area (Å²) in [6.45, 7) is 8.68. The van der Waals surface area contributed by atoms with Gasteiger partial charge in [-0.3, -0.25) is 13.9 Å². The van der Waals surface area contributed by atoms with E-state index in [1.165, 1.54) is 4.31 Å². The van der Waals surface area contributed by atoms with E-state index in [0.29, 0.717) is 29.2 Å². The Labute approximate surface area is 255 Å². The molecule has 3 aromatic carbocycles. The van der Waals surface area contributed by atoms with Crippen LogP contribution in [-0.4, -0.2) is 50.5 Å². The predicted octanol–water partition coefficient (Wildman–Crippen LogP) is 5.92. The highest BCUT2D eigenvalue weighted by Crippen LogP contribution is 2.28. The number of carbonyl (C=O) groups excluding carboxylic acids is 2. The second-order valence-electron chi connectivity index (χ2n) is 11.2. The standard InChI is InChI=1S/C33H42ClN3O4S/c1-24(2)22-35-33(39)31(21-27-13-7-6-8-14-27)36(23-28-15-9-12-25(3)20-28)32(38)18-11-19-37(42(5,40)41)30-17-10-16-29(34)26(30)4/h6-10,12-17,20,24,31H,11,18-19,21-23H2,1-5H3,(H,35,39). The summed E-state index contributed by atoms with van der Waals surface area (Å²) in [7, 11) is -3.63. The third kappa shape index (κ3) is 9.60. The number of hydrogen-bond donors (Lipinski definition) is 1. The Kier molecular flexibility index (Phi) is 12.0. The molecule has 0 aliphatic carbocycles. The van der Waals surface area contributed by atoms with E-state index >= 15 is 0 Å². The van der Waals surface area contributed by atoms with Gasteiger partial charge in [-0.25, -0.2) is 8.42 Å². The third-order valence-electron chi connectivity index (χ3n) is 7.05. The van der Waals surface area contributed by atoms with Crippen LogP contribution < -0.4 is 9.62 Å². The van der Waals surface area contributed by atoms with E-state index in [-0.39, 0.29) is 43.7 Å². The Morgan fingerprint density at radius 2 is 1.60 bits per heavy atom. The van der Waals surface area contributed by atoms with Crippen molar-refractivity contribution in [3.8, 4) is 0 Å². The summed E-state index contributed by atoms with van der Waals surface area (Å²) in [5.74, 6) is -0.168. The van der Waals surface area contributed by atoms with Crippen LogP contribution in [0.5, 0.6) is 0 Å². The molecular formula is C33H42ClN3O4S. The highest BCUT2D eigenvalue weighted by Gasteiger charge is 2.30. The predicted molar refractivity (Wildman–Crippen MR) is 171 cm³/mol. The van der Waals surface area contributed by atoms with Crippen LogP contribution in [0.4, 0.5) is 5.69 Å². The molecule has 0 saturated heterocycles. The van der Waals surface area contributed by atoms with Crippen LogP contribution >= 0.6 is 11.6 Å². The largest absolute Gasteiger partial charge is 0.354 e. The van der Waals surface area contributed by atoms with Gasteiger partial charge >= 0.3 is 0 Å². The van der Waals surface area contributed by atoms with Crippen molar-refractivity contribution in [2.75, 3.05) is 23.7 Å². The second-order valence-corrected chi connectivity index (χ2v) is 13.5. The first-order valence-corrected chi connectivity index (χ1v) is 16.5. The van der Waals surface area contributed by atoms with Crippen molar-refractivity contribution < 1.29 is 18.0 Å². The molecule has 0 radical (unpaired) electrons. The molecule has 3 aromatic rings. The van der Waals surface area contributed by atoms with Crippen molar-refractivity contribution in [1.82, 2.24) is 10.2 Å². The molecule has 3 rings (SSSR count). The van der Waals surface area contributed by atoms with E-state index in [1.807, 2.05) is 75.4 Å². The number of halogens is 1. The van der Waals surface area contributed by atoms with Crippen LogP contribution in [0.3, 0.4) is 0 Å². The molecule has 226 valence electrons. The van der Waals surface area contributed by atoms with Crippen molar-refractivity contribution in [2.24, 2.45) is 5.92 Å². The average molecular weight is 612 g/mol. The zero-order valence-electron chi connectivity index (χ0n) is 25.1. The topological polar surface area (TPSA) is 86.8 Å². The lowest BCUT2D eigenvalue weighted by atomic mass is 10.0. The third-order valence-corrected chi connectivity index (χ3v) is 8.64. The van der Waals surface area contributed by atoms with Gasteiger partial charge in [-0.1, -0.05) is 91.7 Å². The molecule has 1 unspecified atom stereocenters. The van der Waals surface area contributed by atoms with Crippen LogP contribution in [-0.2, 0) is 32.6 Å². The maximum absolute atomic E-state index is 14.0. The Morgan fingerprint density at radius 3 is 2.24 bits per heavy atom. The van der Waals surface area contributed by atoms with Crippen LogP contribution in [0.2, 0.25) is 5.02 Å². The lowest BCUT2D eigenvalue weighted by Gasteiger charge is -2.32. The summed E-state index contributed by atoms with van der Waals surface area (Å²) in [6.07, 6.45) is 1.85. The van der Waals surface area contributed by atoms with E-state index in [9.17, 15) is 18.0 Å². The van der Waals surface area contributed by atoms with Crippen LogP contribution in [0.1, 0.15) is 48.9 Å². The zero-order valence-corrected chi connectivity index (χ0v) is 26.7. The van der Waals surface area contributed by atoms with Crippen molar-refractivity contribution >= 4 is 39.1 Å². The van der Waals surface area contributed by atoms with Crippen LogP contribution in [0.25, 0.3) is 0 Å². The van der Waals surface area contributed by atoms with Gasteiger partial charge in [0, 0.05) is 37.5 Å². The number of nitrogens with one attached hydrogen (secondary N) is 1. The van der Waals surface area contributed by atoms with Gasteiger partial charge in [-0.15, -0.1) is 0 Å². The molecule has 1 atom stereocenters. The van der Waals surface area contributed by atoms with Crippen molar-refractivity contribution in [1.29, 1.82) is 0 Å². The lowest BCUT2D eigenvalue weighted by molar-refractivity contribution is -0.141. The highest BCUT2D eigenvalue weighted by molar-refractivity contribution is 7.92. The number of anilines is 1. The van der Waals surface area contributed by atoms with E-state index < -0.39 is 16.1 Å². The zero-order chi connectivity index (χ0) is 30.9. The fraction of sp³-hybridized carbons (Fsp3) is 0.394. The first-order valence-electron chi connectivity index (χ1n) is 14.3. The Hall–Kier alpha value is -3.36. The average Bonchev–Trinajstić information content (AvgIpc) is 2.93. The number of nitrogens with zero attached hydrogens (tertiary/aromatic N) is 2. The quantitative estimate of drug-likeness (QED) is 0.245. The minimum atomic E-state index is -3.63. The lowest BCUT2D eigenvalue weighted by Crippen LogP contribution is -2.51. The number of sulfonamides is 1. The molecule has 0 fully saturated rings. The summed E-state index contributed by atoms with van der Waals surface area (Å²) in [5, 5.41) is 3.50. The summed E-state index contributed by atoms with van der Waals surface area (Å²) in [4.78, 5) is 29.2. The fourth-order valence-corrected chi connectivity index (χ4v) is 6.02. The molecule has 7 nitrogen and oxygen atoms in total. The summed E-state index contributed by atoms with van der Waals surface area (Å²) < 4.78 is 26.8. The molecule has 0 aliphatic rings. The fourth-order valence-electron chi connectivity index (χ4n) is 4.83. The van der Waals surface area contributed by atoms with Gasteiger partial charge in [0.05, 0.1) is 11.9 Å². The Bertz CT molecular complexity index is 1460. The second kappa shape index (κ2) is 15.2. The first-order chi connectivity index (χ1) is 19.9.